The van der Waals surface area contributed by atoms with Crippen molar-refractivity contribution in [3.8, 4) is 0 Å². The number of nitrogens with one attached hydrogen (secondary N) is 2. The number of benzene rings is 1. The van der Waals surface area contributed by atoms with E-state index >= 15 is 0 Å². The van der Waals surface area contributed by atoms with Crippen LogP contribution in [0.25, 0.3) is 0 Å². The summed E-state index contributed by atoms with van der Waals surface area (Å²) in [5.41, 5.74) is 0.0375. The van der Waals surface area contributed by atoms with Gasteiger partial charge in [0.05, 0.1) is 16.5 Å². The van der Waals surface area contributed by atoms with E-state index in [1.165, 1.54) is 12.1 Å². The molecule has 1 rings (SSSR count). The molecule has 104 valence electrons. The fourth-order valence-electron chi connectivity index (χ4n) is 1.48. The lowest BCUT2D eigenvalue weighted by molar-refractivity contribution is -0.384. The van der Waals surface area contributed by atoms with Gasteiger partial charge in [0, 0.05) is 12.1 Å². The summed E-state index contributed by atoms with van der Waals surface area (Å²) >= 11 is 0. The van der Waals surface area contributed by atoms with Gasteiger partial charge in [-0.05, 0) is 33.4 Å². The Bertz CT molecular complexity index is 486. The van der Waals surface area contributed by atoms with Crippen molar-refractivity contribution in [3.63, 3.8) is 0 Å². The number of carbonyl (C=O) groups excluding carboxylic acids is 1. The SMILES string of the molecule is CNC(C)(C)C(=O)NC(C)c1cccc([N+](=O)[O-])c1. The van der Waals surface area contributed by atoms with Gasteiger partial charge in [-0.25, -0.2) is 0 Å². The van der Waals surface area contributed by atoms with E-state index in [2.05, 4.69) is 10.6 Å². The molecule has 0 fully saturated rings. The topological polar surface area (TPSA) is 84.3 Å². The van der Waals surface area contributed by atoms with Crippen LogP contribution in [0.3, 0.4) is 0 Å². The van der Waals surface area contributed by atoms with Crippen LogP contribution in [-0.4, -0.2) is 23.4 Å². The molecule has 0 aliphatic rings. The summed E-state index contributed by atoms with van der Waals surface area (Å²) in [5, 5.41) is 16.4. The summed E-state index contributed by atoms with van der Waals surface area (Å²) in [6, 6.07) is 5.97. The number of hydrogen-bond donors (Lipinski definition) is 2. The van der Waals surface area contributed by atoms with Gasteiger partial charge < -0.3 is 10.6 Å². The third-order valence-electron chi connectivity index (χ3n) is 3.12. The molecule has 0 heterocycles. The molecule has 0 aliphatic carbocycles. The predicted octanol–water partition coefficient (Wildman–Crippen LogP) is 1.77. The van der Waals surface area contributed by atoms with Crippen LogP contribution in [0.4, 0.5) is 5.69 Å². The van der Waals surface area contributed by atoms with Gasteiger partial charge in [-0.1, -0.05) is 12.1 Å². The van der Waals surface area contributed by atoms with E-state index in [-0.39, 0.29) is 17.6 Å². The fourth-order valence-corrected chi connectivity index (χ4v) is 1.48. The second-order valence-corrected chi connectivity index (χ2v) is 4.92. The molecule has 0 aromatic heterocycles. The van der Waals surface area contributed by atoms with Crippen LogP contribution in [0.1, 0.15) is 32.4 Å². The van der Waals surface area contributed by atoms with Crippen LogP contribution < -0.4 is 10.6 Å². The van der Waals surface area contributed by atoms with Gasteiger partial charge in [0.15, 0.2) is 0 Å². The number of amides is 1. The van der Waals surface area contributed by atoms with Crippen molar-refractivity contribution in [3.05, 3.63) is 39.9 Å². The normalized spacial score (nSPS) is 12.8. The highest BCUT2D eigenvalue weighted by atomic mass is 16.6. The van der Waals surface area contributed by atoms with E-state index in [9.17, 15) is 14.9 Å². The minimum Gasteiger partial charge on any atom is -0.348 e. The maximum Gasteiger partial charge on any atom is 0.269 e. The number of carbonyl (C=O) groups is 1. The lowest BCUT2D eigenvalue weighted by Gasteiger charge is -2.25. The zero-order chi connectivity index (χ0) is 14.6. The number of rotatable bonds is 5. The number of nitro benzene ring substituents is 1. The van der Waals surface area contributed by atoms with Gasteiger partial charge in [0.25, 0.3) is 5.69 Å². The summed E-state index contributed by atoms with van der Waals surface area (Å²) in [6.45, 7) is 5.33. The van der Waals surface area contributed by atoms with Gasteiger partial charge in [-0.15, -0.1) is 0 Å². The molecule has 6 nitrogen and oxygen atoms in total. The van der Waals surface area contributed by atoms with Crippen molar-refractivity contribution in [2.45, 2.75) is 32.4 Å². The number of hydrogen-bond acceptors (Lipinski definition) is 4. The molecule has 0 bridgehead atoms. The maximum atomic E-state index is 12.0. The molecule has 1 atom stereocenters. The standard InChI is InChI=1S/C13H19N3O3/c1-9(15-12(17)13(2,3)14-4)10-6-5-7-11(8-10)16(18)19/h5-9,14H,1-4H3,(H,15,17). The summed E-state index contributed by atoms with van der Waals surface area (Å²) in [4.78, 5) is 22.3. The molecule has 1 amide bonds. The van der Waals surface area contributed by atoms with Gasteiger partial charge >= 0.3 is 0 Å². The Hall–Kier alpha value is -1.95. The molecule has 1 unspecified atom stereocenters. The van der Waals surface area contributed by atoms with Crippen molar-refractivity contribution >= 4 is 11.6 Å². The minimum atomic E-state index is -0.686. The molecular weight excluding hydrogens is 246 g/mol. The van der Waals surface area contributed by atoms with E-state index in [1.807, 2.05) is 0 Å². The average molecular weight is 265 g/mol. The molecule has 0 spiro atoms. The summed E-state index contributed by atoms with van der Waals surface area (Å²) in [6.07, 6.45) is 0. The first-order chi connectivity index (χ1) is 8.77. The van der Waals surface area contributed by atoms with E-state index in [0.717, 1.165) is 0 Å². The number of nitrogens with zero attached hydrogens (tertiary/aromatic N) is 1. The van der Waals surface area contributed by atoms with Crippen molar-refractivity contribution in [1.29, 1.82) is 0 Å². The fraction of sp³-hybridized carbons (Fsp3) is 0.462. The Labute approximate surface area is 112 Å². The summed E-state index contributed by atoms with van der Waals surface area (Å²) < 4.78 is 0. The summed E-state index contributed by atoms with van der Waals surface area (Å²) in [7, 11) is 1.71. The monoisotopic (exact) mass is 265 g/mol. The predicted molar refractivity (Wildman–Crippen MR) is 72.8 cm³/mol. The lowest BCUT2D eigenvalue weighted by atomic mass is 10.0. The zero-order valence-electron chi connectivity index (χ0n) is 11.6. The molecule has 2 N–H and O–H groups in total. The largest absolute Gasteiger partial charge is 0.348 e. The van der Waals surface area contributed by atoms with Gasteiger partial charge in [0.2, 0.25) is 5.91 Å². The Morgan fingerprint density at radius 3 is 2.58 bits per heavy atom. The first-order valence-corrected chi connectivity index (χ1v) is 6.02. The highest BCUT2D eigenvalue weighted by Crippen LogP contribution is 2.19. The van der Waals surface area contributed by atoms with Crippen LogP contribution in [0.15, 0.2) is 24.3 Å². The van der Waals surface area contributed by atoms with E-state index < -0.39 is 10.5 Å². The first kappa shape index (κ1) is 15.1. The minimum absolute atomic E-state index is 0.0199. The molecule has 1 aromatic rings. The second kappa shape index (κ2) is 5.79. The molecule has 0 saturated heterocycles. The third kappa shape index (κ3) is 3.75. The molecule has 0 aliphatic heterocycles. The van der Waals surface area contributed by atoms with Crippen molar-refractivity contribution in [2.24, 2.45) is 0 Å². The Morgan fingerprint density at radius 2 is 2.05 bits per heavy atom. The van der Waals surface area contributed by atoms with Crippen molar-refractivity contribution in [2.75, 3.05) is 7.05 Å². The van der Waals surface area contributed by atoms with Gasteiger partial charge in [0.1, 0.15) is 0 Å². The molecule has 0 saturated carbocycles. The van der Waals surface area contributed by atoms with Crippen LogP contribution in [0, 0.1) is 10.1 Å². The quantitative estimate of drug-likeness (QED) is 0.627. The van der Waals surface area contributed by atoms with Crippen LogP contribution in [0.2, 0.25) is 0 Å². The lowest BCUT2D eigenvalue weighted by Crippen LogP contribution is -2.51. The zero-order valence-corrected chi connectivity index (χ0v) is 11.6. The Balaban J connectivity index is 2.84. The van der Waals surface area contributed by atoms with Gasteiger partial charge in [-0.2, -0.15) is 0 Å². The third-order valence-corrected chi connectivity index (χ3v) is 3.12. The highest BCUT2D eigenvalue weighted by molar-refractivity contribution is 5.85. The van der Waals surface area contributed by atoms with Gasteiger partial charge in [-0.3, -0.25) is 14.9 Å². The maximum absolute atomic E-state index is 12.0. The van der Waals surface area contributed by atoms with Crippen molar-refractivity contribution < 1.29 is 9.72 Å². The molecular formula is C13H19N3O3. The molecule has 1 aromatic carbocycles. The number of non-ortho nitro benzene ring substituents is 1. The van der Waals surface area contributed by atoms with Crippen molar-refractivity contribution in [1.82, 2.24) is 10.6 Å². The van der Waals surface area contributed by atoms with E-state index in [0.29, 0.717) is 5.56 Å². The molecule has 0 radical (unpaired) electrons. The number of nitro groups is 1. The van der Waals surface area contributed by atoms with E-state index in [1.54, 1.807) is 40.0 Å². The highest BCUT2D eigenvalue weighted by Gasteiger charge is 2.26. The summed E-state index contributed by atoms with van der Waals surface area (Å²) in [5.74, 6) is -0.158. The number of likely N-dealkylation sites (N-methyl/N-ethyl adjacent to an activating group) is 1. The Kier molecular flexibility index (Phi) is 4.61. The molecule has 6 heteroatoms. The van der Waals surface area contributed by atoms with E-state index in [4.69, 9.17) is 0 Å². The average Bonchev–Trinajstić information content (AvgIpc) is 2.38. The van der Waals surface area contributed by atoms with Crippen LogP contribution in [0.5, 0.6) is 0 Å². The second-order valence-electron chi connectivity index (χ2n) is 4.92. The smallest absolute Gasteiger partial charge is 0.269 e. The van der Waals surface area contributed by atoms with Crippen LogP contribution in [-0.2, 0) is 4.79 Å². The Morgan fingerprint density at radius 1 is 1.42 bits per heavy atom. The van der Waals surface area contributed by atoms with Crippen LogP contribution >= 0.6 is 0 Å². The first-order valence-electron chi connectivity index (χ1n) is 6.02. The molecule has 19 heavy (non-hydrogen) atoms.